The summed E-state index contributed by atoms with van der Waals surface area (Å²) in [6, 6.07) is 23.9. The van der Waals surface area contributed by atoms with Crippen LogP contribution in [0.5, 0.6) is 0 Å². The number of fused-ring (bicyclic) bond motifs is 1. The monoisotopic (exact) mass is 384 g/mol. The molecular weight excluding hydrogens is 360 g/mol. The Balaban J connectivity index is 1.27. The first-order valence-corrected chi connectivity index (χ1v) is 9.79. The zero-order valence-electron chi connectivity index (χ0n) is 16.4. The second-order valence-corrected chi connectivity index (χ2v) is 7.19. The van der Waals surface area contributed by atoms with Crippen LogP contribution < -0.4 is 10.6 Å². The number of nitrogens with zero attached hydrogens (tertiary/aromatic N) is 1. The van der Waals surface area contributed by atoms with Gasteiger partial charge in [-0.25, -0.2) is 9.78 Å². The van der Waals surface area contributed by atoms with E-state index in [9.17, 15) is 4.79 Å². The van der Waals surface area contributed by atoms with Gasteiger partial charge in [0.15, 0.2) is 0 Å². The molecule has 0 atom stereocenters. The molecule has 4 aromatic rings. The molecule has 0 aliphatic rings. The highest BCUT2D eigenvalue weighted by Crippen LogP contribution is 2.14. The minimum Gasteiger partial charge on any atom is -0.342 e. The molecule has 3 aromatic carbocycles. The molecule has 0 fully saturated rings. The maximum Gasteiger partial charge on any atom is 0.319 e. The van der Waals surface area contributed by atoms with Crippen molar-refractivity contribution in [3.8, 4) is 0 Å². The van der Waals surface area contributed by atoms with E-state index in [1.165, 1.54) is 11.1 Å². The van der Waals surface area contributed by atoms with Gasteiger partial charge < -0.3 is 15.6 Å². The number of aromatic nitrogens is 2. The number of carbonyl (C=O) groups is 1. The van der Waals surface area contributed by atoms with Crippen LogP contribution in [-0.4, -0.2) is 16.0 Å². The average molecular weight is 384 g/mol. The Bertz CT molecular complexity index is 1060. The lowest BCUT2D eigenvalue weighted by atomic mass is 10.1. The van der Waals surface area contributed by atoms with Crippen LogP contribution in [0.4, 0.5) is 10.5 Å². The molecule has 1 aromatic heterocycles. The quantitative estimate of drug-likeness (QED) is 0.439. The number of hydrogen-bond donors (Lipinski definition) is 3. The van der Waals surface area contributed by atoms with E-state index < -0.39 is 0 Å². The van der Waals surface area contributed by atoms with Gasteiger partial charge in [0.2, 0.25) is 0 Å². The number of amides is 2. The third-order valence-electron chi connectivity index (χ3n) is 4.87. The lowest BCUT2D eigenvalue weighted by Crippen LogP contribution is -2.28. The van der Waals surface area contributed by atoms with Gasteiger partial charge in [-0.3, -0.25) is 0 Å². The van der Waals surface area contributed by atoms with Crippen molar-refractivity contribution in [2.75, 3.05) is 5.32 Å². The molecule has 4 rings (SSSR count). The molecule has 3 N–H and O–H groups in total. The lowest BCUT2D eigenvalue weighted by Gasteiger charge is -2.09. The van der Waals surface area contributed by atoms with Gasteiger partial charge in [-0.05, 0) is 48.7 Å². The minimum atomic E-state index is -0.208. The van der Waals surface area contributed by atoms with Crippen molar-refractivity contribution in [3.63, 3.8) is 0 Å². The maximum absolute atomic E-state index is 12.1. The number of carbonyl (C=O) groups excluding carboxylic acids is 1. The van der Waals surface area contributed by atoms with Crippen molar-refractivity contribution < 1.29 is 4.79 Å². The molecule has 0 saturated heterocycles. The summed E-state index contributed by atoms with van der Waals surface area (Å²) in [5.41, 5.74) is 6.33. The Morgan fingerprint density at radius 3 is 2.38 bits per heavy atom. The highest BCUT2D eigenvalue weighted by Gasteiger charge is 2.04. The number of rotatable bonds is 6. The molecular formula is C24H24N4O. The van der Waals surface area contributed by atoms with Gasteiger partial charge in [-0.2, -0.15) is 0 Å². The van der Waals surface area contributed by atoms with E-state index in [1.807, 2.05) is 79.7 Å². The number of urea groups is 1. The predicted molar refractivity (Wildman–Crippen MR) is 117 cm³/mol. The SMILES string of the molecule is Cc1ccc(CNC(=O)Nc2ccc(CCc3nc4ccccc4[nH]3)cc2)cc1. The smallest absolute Gasteiger partial charge is 0.319 e. The number of H-pyrrole nitrogens is 1. The van der Waals surface area contributed by atoms with Crippen molar-refractivity contribution in [3.05, 3.63) is 95.3 Å². The molecule has 29 heavy (non-hydrogen) atoms. The first-order valence-electron chi connectivity index (χ1n) is 9.79. The van der Waals surface area contributed by atoms with Crippen LogP contribution in [0.1, 0.15) is 22.5 Å². The summed E-state index contributed by atoms with van der Waals surface area (Å²) < 4.78 is 0. The third kappa shape index (κ3) is 5.02. The van der Waals surface area contributed by atoms with E-state index in [2.05, 4.69) is 20.6 Å². The van der Waals surface area contributed by atoms with Crippen LogP contribution in [0.2, 0.25) is 0 Å². The molecule has 0 spiro atoms. The standard InChI is InChI=1S/C24H24N4O/c1-17-6-8-19(9-7-17)16-25-24(29)26-20-13-10-18(11-14-20)12-15-23-27-21-4-2-3-5-22(21)28-23/h2-11,13-14H,12,15-16H2,1H3,(H,27,28)(H2,25,26,29). The van der Waals surface area contributed by atoms with Crippen LogP contribution in [0.15, 0.2) is 72.8 Å². The van der Waals surface area contributed by atoms with Crippen LogP contribution in [0.3, 0.4) is 0 Å². The van der Waals surface area contributed by atoms with E-state index in [0.29, 0.717) is 6.54 Å². The Kier molecular flexibility index (Phi) is 5.56. The normalized spacial score (nSPS) is 10.8. The molecule has 0 saturated carbocycles. The summed E-state index contributed by atoms with van der Waals surface area (Å²) in [5.74, 6) is 0.990. The summed E-state index contributed by atoms with van der Waals surface area (Å²) in [6.45, 7) is 2.55. The van der Waals surface area contributed by atoms with Gasteiger partial charge in [0.1, 0.15) is 5.82 Å². The Morgan fingerprint density at radius 1 is 0.897 bits per heavy atom. The van der Waals surface area contributed by atoms with E-state index >= 15 is 0 Å². The molecule has 0 radical (unpaired) electrons. The Morgan fingerprint density at radius 2 is 1.62 bits per heavy atom. The Hall–Kier alpha value is -3.60. The van der Waals surface area contributed by atoms with Crippen LogP contribution in [0, 0.1) is 6.92 Å². The van der Waals surface area contributed by atoms with Gasteiger partial charge in [0, 0.05) is 18.7 Å². The topological polar surface area (TPSA) is 69.8 Å². The molecule has 5 nitrogen and oxygen atoms in total. The molecule has 146 valence electrons. The maximum atomic E-state index is 12.1. The van der Waals surface area contributed by atoms with Gasteiger partial charge in [-0.1, -0.05) is 54.1 Å². The summed E-state index contributed by atoms with van der Waals surface area (Å²) in [4.78, 5) is 20.1. The van der Waals surface area contributed by atoms with E-state index in [4.69, 9.17) is 0 Å². The fourth-order valence-electron chi connectivity index (χ4n) is 3.21. The van der Waals surface area contributed by atoms with Crippen molar-refractivity contribution in [1.29, 1.82) is 0 Å². The number of aromatic amines is 1. The molecule has 0 unspecified atom stereocenters. The largest absolute Gasteiger partial charge is 0.342 e. The van der Waals surface area contributed by atoms with Gasteiger partial charge >= 0.3 is 6.03 Å². The number of hydrogen-bond acceptors (Lipinski definition) is 2. The molecule has 1 heterocycles. The van der Waals surface area contributed by atoms with E-state index in [1.54, 1.807) is 0 Å². The first-order chi connectivity index (χ1) is 14.2. The second kappa shape index (κ2) is 8.61. The van der Waals surface area contributed by atoms with E-state index in [0.717, 1.165) is 41.0 Å². The molecule has 5 heteroatoms. The number of imidazole rings is 1. The highest BCUT2D eigenvalue weighted by molar-refractivity contribution is 5.89. The predicted octanol–water partition coefficient (Wildman–Crippen LogP) is 4.98. The summed E-state index contributed by atoms with van der Waals surface area (Å²) in [7, 11) is 0. The minimum absolute atomic E-state index is 0.208. The number of aryl methyl sites for hydroxylation is 3. The fraction of sp³-hybridized carbons (Fsp3) is 0.167. The first kappa shape index (κ1) is 18.7. The molecule has 0 bridgehead atoms. The van der Waals surface area contributed by atoms with Crippen LogP contribution >= 0.6 is 0 Å². The second-order valence-electron chi connectivity index (χ2n) is 7.19. The van der Waals surface area contributed by atoms with Crippen molar-refractivity contribution in [2.24, 2.45) is 0 Å². The van der Waals surface area contributed by atoms with E-state index in [-0.39, 0.29) is 6.03 Å². The number of benzene rings is 3. The Labute approximate surface area is 170 Å². The summed E-state index contributed by atoms with van der Waals surface area (Å²) >= 11 is 0. The number of nitrogens with one attached hydrogen (secondary N) is 3. The summed E-state index contributed by atoms with van der Waals surface area (Å²) in [5, 5.41) is 5.75. The molecule has 0 aliphatic heterocycles. The zero-order chi connectivity index (χ0) is 20.1. The fourth-order valence-corrected chi connectivity index (χ4v) is 3.21. The summed E-state index contributed by atoms with van der Waals surface area (Å²) in [6.07, 6.45) is 1.73. The van der Waals surface area contributed by atoms with Crippen molar-refractivity contribution in [2.45, 2.75) is 26.3 Å². The molecule has 2 amide bonds. The van der Waals surface area contributed by atoms with Gasteiger partial charge in [-0.15, -0.1) is 0 Å². The number of anilines is 1. The van der Waals surface area contributed by atoms with Crippen molar-refractivity contribution in [1.82, 2.24) is 15.3 Å². The highest BCUT2D eigenvalue weighted by atomic mass is 16.2. The van der Waals surface area contributed by atoms with Crippen LogP contribution in [0.25, 0.3) is 11.0 Å². The zero-order valence-corrected chi connectivity index (χ0v) is 16.4. The molecule has 0 aliphatic carbocycles. The van der Waals surface area contributed by atoms with Crippen molar-refractivity contribution >= 4 is 22.8 Å². The average Bonchev–Trinajstić information content (AvgIpc) is 3.16. The lowest BCUT2D eigenvalue weighted by molar-refractivity contribution is 0.251. The van der Waals surface area contributed by atoms with Gasteiger partial charge in [0.05, 0.1) is 11.0 Å². The number of para-hydroxylation sites is 2. The van der Waals surface area contributed by atoms with Gasteiger partial charge in [0.25, 0.3) is 0 Å². The van der Waals surface area contributed by atoms with Crippen LogP contribution in [-0.2, 0) is 19.4 Å². The third-order valence-corrected chi connectivity index (χ3v) is 4.87.